The number of likely N-dealkylation sites (tertiary alicyclic amines) is 1. The summed E-state index contributed by atoms with van der Waals surface area (Å²) >= 11 is 0. The molecule has 3 nitrogen and oxygen atoms in total. The van der Waals surface area contributed by atoms with Crippen LogP contribution in [-0.4, -0.2) is 49.2 Å². The van der Waals surface area contributed by atoms with Gasteiger partial charge in [-0.05, 0) is 59.2 Å². The van der Waals surface area contributed by atoms with Crippen LogP contribution in [-0.2, 0) is 0 Å². The first-order chi connectivity index (χ1) is 7.75. The highest BCUT2D eigenvalue weighted by atomic mass is 15.2. The summed E-state index contributed by atoms with van der Waals surface area (Å²) in [6.45, 7) is 9.54. The fourth-order valence-electron chi connectivity index (χ4n) is 2.91. The van der Waals surface area contributed by atoms with Gasteiger partial charge in [-0.15, -0.1) is 0 Å². The molecule has 0 aromatic rings. The Morgan fingerprint density at radius 2 is 1.88 bits per heavy atom. The van der Waals surface area contributed by atoms with Crippen molar-refractivity contribution in [3.8, 4) is 0 Å². The van der Waals surface area contributed by atoms with E-state index < -0.39 is 0 Å². The average Bonchev–Trinajstić information content (AvgIpc) is 2.31. The Morgan fingerprint density at radius 1 is 1.12 bits per heavy atom. The monoisotopic (exact) mass is 225 g/mol. The van der Waals surface area contributed by atoms with E-state index in [1.807, 2.05) is 0 Å². The minimum Gasteiger partial charge on any atom is -0.315 e. The Labute approximate surface area is 100.0 Å². The second-order valence-corrected chi connectivity index (χ2v) is 5.61. The Balaban J connectivity index is 1.68. The first-order valence-corrected chi connectivity index (χ1v) is 6.96. The molecule has 0 saturated carbocycles. The molecule has 2 aliphatic rings. The van der Waals surface area contributed by atoms with E-state index >= 15 is 0 Å². The molecule has 2 N–H and O–H groups in total. The van der Waals surface area contributed by atoms with Crippen molar-refractivity contribution in [1.29, 1.82) is 0 Å². The zero-order valence-electron chi connectivity index (χ0n) is 10.8. The predicted molar refractivity (Wildman–Crippen MR) is 68.8 cm³/mol. The lowest BCUT2D eigenvalue weighted by atomic mass is 10.0. The van der Waals surface area contributed by atoms with Crippen LogP contribution in [0.2, 0.25) is 0 Å². The summed E-state index contributed by atoms with van der Waals surface area (Å²) in [5.74, 6) is 0. The fourth-order valence-corrected chi connectivity index (χ4v) is 2.91. The lowest BCUT2D eigenvalue weighted by Gasteiger charge is -2.37. The van der Waals surface area contributed by atoms with Gasteiger partial charge in [-0.3, -0.25) is 0 Å². The number of hydrogen-bond donors (Lipinski definition) is 2. The number of hydrogen-bond acceptors (Lipinski definition) is 3. The Bertz CT molecular complexity index is 191. The van der Waals surface area contributed by atoms with Gasteiger partial charge in [0.1, 0.15) is 0 Å². The molecule has 2 rings (SSSR count). The molecular weight excluding hydrogens is 198 g/mol. The molecule has 1 unspecified atom stereocenters. The van der Waals surface area contributed by atoms with Gasteiger partial charge in [0.15, 0.2) is 0 Å². The molecule has 2 aliphatic heterocycles. The van der Waals surface area contributed by atoms with Crippen LogP contribution in [0.5, 0.6) is 0 Å². The number of rotatable bonds is 3. The van der Waals surface area contributed by atoms with Gasteiger partial charge >= 0.3 is 0 Å². The lowest BCUT2D eigenvalue weighted by Crippen LogP contribution is -2.51. The van der Waals surface area contributed by atoms with E-state index in [0.717, 1.165) is 18.1 Å². The largest absolute Gasteiger partial charge is 0.315 e. The van der Waals surface area contributed by atoms with E-state index in [4.69, 9.17) is 0 Å². The van der Waals surface area contributed by atoms with E-state index in [2.05, 4.69) is 29.4 Å². The van der Waals surface area contributed by atoms with Gasteiger partial charge in [0, 0.05) is 24.7 Å². The third-order valence-electron chi connectivity index (χ3n) is 4.03. The van der Waals surface area contributed by atoms with Crippen LogP contribution in [0, 0.1) is 0 Å². The molecule has 2 fully saturated rings. The Hall–Kier alpha value is -0.120. The van der Waals surface area contributed by atoms with Crippen molar-refractivity contribution in [2.75, 3.05) is 26.2 Å². The van der Waals surface area contributed by atoms with E-state index in [1.165, 1.54) is 51.9 Å². The van der Waals surface area contributed by atoms with Crippen molar-refractivity contribution in [1.82, 2.24) is 15.5 Å². The highest BCUT2D eigenvalue weighted by Gasteiger charge is 2.23. The number of nitrogens with one attached hydrogen (secondary N) is 2. The van der Waals surface area contributed by atoms with Gasteiger partial charge in [-0.1, -0.05) is 0 Å². The first kappa shape index (κ1) is 12.3. The smallest absolute Gasteiger partial charge is 0.0195 e. The zero-order valence-corrected chi connectivity index (χ0v) is 10.8. The van der Waals surface area contributed by atoms with E-state index in [9.17, 15) is 0 Å². The maximum Gasteiger partial charge on any atom is 0.0195 e. The third kappa shape index (κ3) is 3.44. The van der Waals surface area contributed by atoms with Crippen LogP contribution in [0.3, 0.4) is 0 Å². The second-order valence-electron chi connectivity index (χ2n) is 5.61. The molecule has 3 heteroatoms. The molecule has 0 bridgehead atoms. The minimum atomic E-state index is 0.720. The summed E-state index contributed by atoms with van der Waals surface area (Å²) in [6.07, 6.45) is 5.35. The maximum atomic E-state index is 3.83. The van der Waals surface area contributed by atoms with Crippen molar-refractivity contribution >= 4 is 0 Å². The summed E-state index contributed by atoms with van der Waals surface area (Å²) < 4.78 is 0. The molecule has 0 aromatic heterocycles. The van der Waals surface area contributed by atoms with E-state index in [-0.39, 0.29) is 0 Å². The summed E-state index contributed by atoms with van der Waals surface area (Å²) in [5, 5.41) is 7.31. The molecule has 0 radical (unpaired) electrons. The van der Waals surface area contributed by atoms with Crippen molar-refractivity contribution < 1.29 is 0 Å². The summed E-state index contributed by atoms with van der Waals surface area (Å²) in [6, 6.07) is 2.21. The van der Waals surface area contributed by atoms with Gasteiger partial charge in [-0.2, -0.15) is 0 Å². The normalized spacial score (nSPS) is 29.8. The number of piperidine rings is 2. The van der Waals surface area contributed by atoms with Crippen molar-refractivity contribution in [3.05, 3.63) is 0 Å². The van der Waals surface area contributed by atoms with Gasteiger partial charge in [0.2, 0.25) is 0 Å². The van der Waals surface area contributed by atoms with Gasteiger partial charge in [-0.25, -0.2) is 0 Å². The molecule has 0 spiro atoms. The van der Waals surface area contributed by atoms with Gasteiger partial charge in [0.25, 0.3) is 0 Å². The summed E-state index contributed by atoms with van der Waals surface area (Å²) in [7, 11) is 0. The number of nitrogens with zero attached hydrogens (tertiary/aromatic N) is 1. The molecule has 0 aromatic carbocycles. The third-order valence-corrected chi connectivity index (χ3v) is 4.03. The van der Waals surface area contributed by atoms with Gasteiger partial charge < -0.3 is 15.5 Å². The lowest BCUT2D eigenvalue weighted by molar-refractivity contribution is 0.153. The van der Waals surface area contributed by atoms with Crippen LogP contribution in [0.25, 0.3) is 0 Å². The predicted octanol–water partition coefficient (Wildman–Crippen LogP) is 1.20. The highest BCUT2D eigenvalue weighted by molar-refractivity contribution is 4.84. The van der Waals surface area contributed by atoms with Crippen LogP contribution in [0.4, 0.5) is 0 Å². The zero-order chi connectivity index (χ0) is 11.4. The molecule has 16 heavy (non-hydrogen) atoms. The van der Waals surface area contributed by atoms with Crippen LogP contribution in [0.15, 0.2) is 0 Å². The standard InChI is InChI=1S/C13H27N3/c1-11(2)16-8-5-12(6-9-16)15-13-4-3-7-14-10-13/h11-15H,3-10H2,1-2H3. The molecule has 1 atom stereocenters. The van der Waals surface area contributed by atoms with Crippen molar-refractivity contribution in [2.45, 2.75) is 57.7 Å². The first-order valence-electron chi connectivity index (χ1n) is 6.96. The maximum absolute atomic E-state index is 3.83. The Kier molecular flexibility index (Phi) is 4.62. The van der Waals surface area contributed by atoms with Gasteiger partial charge in [0.05, 0.1) is 0 Å². The molecule has 0 amide bonds. The second kappa shape index (κ2) is 5.99. The molecule has 2 saturated heterocycles. The molecule has 2 heterocycles. The molecule has 0 aliphatic carbocycles. The topological polar surface area (TPSA) is 27.3 Å². The van der Waals surface area contributed by atoms with Crippen molar-refractivity contribution in [3.63, 3.8) is 0 Å². The quantitative estimate of drug-likeness (QED) is 0.756. The van der Waals surface area contributed by atoms with E-state index in [1.54, 1.807) is 0 Å². The summed E-state index contributed by atoms with van der Waals surface area (Å²) in [5.41, 5.74) is 0. The SMILES string of the molecule is CC(C)N1CCC(NC2CCCNC2)CC1. The van der Waals surface area contributed by atoms with E-state index in [0.29, 0.717) is 0 Å². The Morgan fingerprint density at radius 3 is 2.44 bits per heavy atom. The molecular formula is C13H27N3. The van der Waals surface area contributed by atoms with Crippen LogP contribution < -0.4 is 10.6 Å². The minimum absolute atomic E-state index is 0.720. The summed E-state index contributed by atoms with van der Waals surface area (Å²) in [4.78, 5) is 2.59. The van der Waals surface area contributed by atoms with Crippen LogP contribution in [0.1, 0.15) is 39.5 Å². The highest BCUT2D eigenvalue weighted by Crippen LogP contribution is 2.14. The fraction of sp³-hybridized carbons (Fsp3) is 1.00. The van der Waals surface area contributed by atoms with Crippen molar-refractivity contribution in [2.24, 2.45) is 0 Å². The molecule has 94 valence electrons. The average molecular weight is 225 g/mol. The van der Waals surface area contributed by atoms with Crippen LogP contribution >= 0.6 is 0 Å².